The van der Waals surface area contributed by atoms with Crippen LogP contribution in [0.15, 0.2) is 18.2 Å². The van der Waals surface area contributed by atoms with E-state index in [4.69, 9.17) is 5.73 Å². The van der Waals surface area contributed by atoms with Gasteiger partial charge >= 0.3 is 0 Å². The number of aromatic amines is 1. The Hall–Kier alpha value is -1.91. The monoisotopic (exact) mass is 220 g/mol. The molecule has 1 heterocycles. The minimum absolute atomic E-state index is 0.342. The second-order valence-corrected chi connectivity index (χ2v) is 3.59. The first-order valence-corrected chi connectivity index (χ1v) is 5.17. The van der Waals surface area contributed by atoms with Crippen LogP contribution in [0.1, 0.15) is 19.2 Å². The molecule has 0 saturated carbocycles. The molecule has 0 aliphatic rings. The van der Waals surface area contributed by atoms with E-state index in [1.807, 2.05) is 0 Å². The van der Waals surface area contributed by atoms with Gasteiger partial charge in [0.05, 0.1) is 0 Å². The molecule has 1 aromatic carbocycles. The second kappa shape index (κ2) is 4.30. The summed E-state index contributed by atoms with van der Waals surface area (Å²) in [6.07, 6.45) is 1.80. The largest absolute Gasteiger partial charge is 0.398 e. The molecular weight excluding hydrogens is 207 g/mol. The highest BCUT2D eigenvalue weighted by Gasteiger charge is 2.09. The van der Waals surface area contributed by atoms with Crippen LogP contribution < -0.4 is 5.73 Å². The average Bonchev–Trinajstić information content (AvgIpc) is 2.71. The van der Waals surface area contributed by atoms with Gasteiger partial charge in [0.25, 0.3) is 0 Å². The van der Waals surface area contributed by atoms with Crippen molar-refractivity contribution in [1.82, 2.24) is 15.2 Å². The number of hydrogen-bond donors (Lipinski definition) is 2. The summed E-state index contributed by atoms with van der Waals surface area (Å²) in [5.74, 6) is 0.896. The summed E-state index contributed by atoms with van der Waals surface area (Å²) in [5.41, 5.74) is 6.75. The molecule has 0 radical (unpaired) electrons. The number of aromatic nitrogens is 3. The number of nitrogen functional groups attached to an aromatic ring is 1. The Morgan fingerprint density at radius 1 is 1.44 bits per heavy atom. The number of benzene rings is 1. The van der Waals surface area contributed by atoms with Gasteiger partial charge in [0.1, 0.15) is 11.6 Å². The van der Waals surface area contributed by atoms with Crippen molar-refractivity contribution in [2.24, 2.45) is 0 Å². The van der Waals surface area contributed by atoms with Crippen molar-refractivity contribution in [3.63, 3.8) is 0 Å². The van der Waals surface area contributed by atoms with Crippen LogP contribution in [0.4, 0.5) is 10.1 Å². The number of H-pyrrole nitrogens is 1. The van der Waals surface area contributed by atoms with Gasteiger partial charge in [-0.05, 0) is 24.6 Å². The number of anilines is 1. The zero-order valence-corrected chi connectivity index (χ0v) is 9.00. The summed E-state index contributed by atoms with van der Waals surface area (Å²) in [6, 6.07) is 4.17. The van der Waals surface area contributed by atoms with E-state index in [1.165, 1.54) is 18.2 Å². The Kier molecular flexibility index (Phi) is 2.85. The van der Waals surface area contributed by atoms with E-state index in [9.17, 15) is 4.39 Å². The molecule has 84 valence electrons. The number of hydrogen-bond acceptors (Lipinski definition) is 3. The lowest BCUT2D eigenvalue weighted by atomic mass is 10.1. The van der Waals surface area contributed by atoms with Gasteiger partial charge in [-0.3, -0.25) is 5.10 Å². The average molecular weight is 220 g/mol. The van der Waals surface area contributed by atoms with Crippen LogP contribution in [0.2, 0.25) is 0 Å². The maximum Gasteiger partial charge on any atom is 0.183 e. The Labute approximate surface area is 92.7 Å². The Balaban J connectivity index is 2.38. The molecule has 1 aromatic heterocycles. The molecule has 2 rings (SSSR count). The number of halogens is 1. The van der Waals surface area contributed by atoms with Crippen molar-refractivity contribution in [2.75, 3.05) is 5.73 Å². The lowest BCUT2D eigenvalue weighted by Gasteiger charge is -2.00. The predicted octanol–water partition coefficient (Wildman–Crippen LogP) is 2.15. The number of nitrogens with zero attached hydrogens (tertiary/aromatic N) is 2. The van der Waals surface area contributed by atoms with E-state index in [0.29, 0.717) is 17.1 Å². The highest BCUT2D eigenvalue weighted by Crippen LogP contribution is 2.23. The van der Waals surface area contributed by atoms with Crippen LogP contribution >= 0.6 is 0 Å². The van der Waals surface area contributed by atoms with Gasteiger partial charge < -0.3 is 5.73 Å². The molecule has 0 amide bonds. The van der Waals surface area contributed by atoms with Gasteiger partial charge in [-0.15, -0.1) is 0 Å². The Morgan fingerprint density at radius 3 is 3.00 bits per heavy atom. The van der Waals surface area contributed by atoms with Crippen molar-refractivity contribution in [1.29, 1.82) is 0 Å². The molecule has 4 nitrogen and oxygen atoms in total. The lowest BCUT2D eigenvalue weighted by Crippen LogP contribution is -1.92. The number of rotatable bonds is 3. The van der Waals surface area contributed by atoms with Crippen LogP contribution in [0.5, 0.6) is 0 Å². The third-order valence-corrected chi connectivity index (χ3v) is 2.27. The van der Waals surface area contributed by atoms with Gasteiger partial charge in [0.15, 0.2) is 5.82 Å². The van der Waals surface area contributed by atoms with Crippen LogP contribution in [-0.4, -0.2) is 15.2 Å². The van der Waals surface area contributed by atoms with E-state index in [0.717, 1.165) is 18.7 Å². The minimum Gasteiger partial charge on any atom is -0.398 e. The maximum atomic E-state index is 13.1. The van der Waals surface area contributed by atoms with Gasteiger partial charge in [-0.25, -0.2) is 9.37 Å². The summed E-state index contributed by atoms with van der Waals surface area (Å²) in [4.78, 5) is 4.26. The topological polar surface area (TPSA) is 67.6 Å². The summed E-state index contributed by atoms with van der Waals surface area (Å²) < 4.78 is 13.1. The molecule has 2 aromatic rings. The molecule has 0 aliphatic carbocycles. The van der Waals surface area contributed by atoms with E-state index < -0.39 is 0 Å². The fourth-order valence-electron chi connectivity index (χ4n) is 1.49. The summed E-state index contributed by atoms with van der Waals surface area (Å²) in [5, 5.41) is 6.84. The van der Waals surface area contributed by atoms with Crippen LogP contribution in [0, 0.1) is 5.82 Å². The number of nitrogens with two attached hydrogens (primary N) is 1. The zero-order valence-electron chi connectivity index (χ0n) is 9.00. The molecule has 16 heavy (non-hydrogen) atoms. The van der Waals surface area contributed by atoms with Gasteiger partial charge in [-0.1, -0.05) is 6.92 Å². The Morgan fingerprint density at radius 2 is 2.25 bits per heavy atom. The van der Waals surface area contributed by atoms with Crippen molar-refractivity contribution < 1.29 is 4.39 Å². The third-order valence-electron chi connectivity index (χ3n) is 2.27. The first-order valence-electron chi connectivity index (χ1n) is 5.17. The number of nitrogens with one attached hydrogen (secondary N) is 1. The first-order chi connectivity index (χ1) is 7.70. The van der Waals surface area contributed by atoms with Gasteiger partial charge in [0, 0.05) is 17.7 Å². The molecule has 0 saturated heterocycles. The number of aryl methyl sites for hydroxylation is 1. The molecule has 3 N–H and O–H groups in total. The van der Waals surface area contributed by atoms with Crippen molar-refractivity contribution in [2.45, 2.75) is 19.8 Å². The third kappa shape index (κ3) is 2.03. The zero-order chi connectivity index (χ0) is 11.5. The first kappa shape index (κ1) is 10.6. The van der Waals surface area contributed by atoms with Crippen LogP contribution in [0.3, 0.4) is 0 Å². The van der Waals surface area contributed by atoms with Crippen molar-refractivity contribution in [3.05, 3.63) is 29.8 Å². The van der Waals surface area contributed by atoms with Gasteiger partial charge in [-0.2, -0.15) is 5.10 Å². The molecular formula is C11H13FN4. The highest BCUT2D eigenvalue weighted by atomic mass is 19.1. The molecule has 5 heteroatoms. The molecule has 0 atom stereocenters. The molecule has 0 aliphatic heterocycles. The molecule has 0 spiro atoms. The van der Waals surface area contributed by atoms with E-state index in [-0.39, 0.29) is 5.82 Å². The van der Waals surface area contributed by atoms with Crippen LogP contribution in [-0.2, 0) is 6.42 Å². The van der Waals surface area contributed by atoms with E-state index in [2.05, 4.69) is 22.1 Å². The summed E-state index contributed by atoms with van der Waals surface area (Å²) in [6.45, 7) is 2.05. The highest BCUT2D eigenvalue weighted by molar-refractivity contribution is 5.71. The molecule has 0 bridgehead atoms. The van der Waals surface area contributed by atoms with E-state index >= 15 is 0 Å². The lowest BCUT2D eigenvalue weighted by molar-refractivity contribution is 0.628. The van der Waals surface area contributed by atoms with E-state index in [1.54, 1.807) is 0 Å². The maximum absolute atomic E-state index is 13.1. The van der Waals surface area contributed by atoms with Crippen molar-refractivity contribution in [3.8, 4) is 11.4 Å². The Bertz CT molecular complexity index is 492. The smallest absolute Gasteiger partial charge is 0.183 e. The minimum atomic E-state index is -0.342. The van der Waals surface area contributed by atoms with Crippen LogP contribution in [0.25, 0.3) is 11.4 Å². The molecule has 0 unspecified atom stereocenters. The van der Waals surface area contributed by atoms with Crippen molar-refractivity contribution >= 4 is 5.69 Å². The normalized spacial score (nSPS) is 10.6. The quantitative estimate of drug-likeness (QED) is 0.779. The molecule has 0 fully saturated rings. The second-order valence-electron chi connectivity index (χ2n) is 3.59. The van der Waals surface area contributed by atoms with Gasteiger partial charge in [0.2, 0.25) is 0 Å². The summed E-state index contributed by atoms with van der Waals surface area (Å²) in [7, 11) is 0. The fourth-order valence-corrected chi connectivity index (χ4v) is 1.49. The standard InChI is InChI=1S/C11H13FN4/c1-2-3-10-14-11(16-15-10)8-6-7(12)4-5-9(8)13/h4-6H,2-3,13H2,1H3,(H,14,15,16). The SMILES string of the molecule is CCCc1nc(-c2cc(F)ccc2N)n[nH]1. The predicted molar refractivity (Wildman–Crippen MR) is 60.2 cm³/mol. The fraction of sp³-hybridized carbons (Fsp3) is 0.273. The summed E-state index contributed by atoms with van der Waals surface area (Å²) >= 11 is 0.